The first-order chi connectivity index (χ1) is 7.88. The molecule has 2 N–H and O–H groups in total. The third kappa shape index (κ3) is 4.62. The van der Waals surface area contributed by atoms with Gasteiger partial charge in [-0.1, -0.05) is 6.07 Å². The Hall–Kier alpha value is -0.640. The maximum absolute atomic E-state index is 5.63. The zero-order valence-electron chi connectivity index (χ0n) is 10.2. The van der Waals surface area contributed by atoms with Gasteiger partial charge < -0.3 is 5.73 Å². The summed E-state index contributed by atoms with van der Waals surface area (Å²) in [5.41, 5.74) is 6.80. The Bertz CT molecular complexity index is 303. The van der Waals surface area contributed by atoms with Crippen LogP contribution < -0.4 is 5.73 Å². The van der Waals surface area contributed by atoms with Gasteiger partial charge >= 0.3 is 0 Å². The van der Waals surface area contributed by atoms with Crippen LogP contribution in [0.5, 0.6) is 0 Å². The largest absolute Gasteiger partial charge is 0.330 e. The number of aromatic nitrogens is 1. The quantitative estimate of drug-likeness (QED) is 0.896. The van der Waals surface area contributed by atoms with Gasteiger partial charge in [0, 0.05) is 19.3 Å². The fourth-order valence-corrected chi connectivity index (χ4v) is 2.49. The van der Waals surface area contributed by atoms with E-state index >= 15 is 0 Å². The van der Waals surface area contributed by atoms with Crippen LogP contribution in [0.1, 0.15) is 25.0 Å². The molecule has 1 aromatic rings. The van der Waals surface area contributed by atoms with Crippen LogP contribution in [0.25, 0.3) is 0 Å². The van der Waals surface area contributed by atoms with Gasteiger partial charge in [-0.15, -0.1) is 12.4 Å². The molecule has 2 heterocycles. The lowest BCUT2D eigenvalue weighted by atomic mass is 9.95. The van der Waals surface area contributed by atoms with Crippen LogP contribution in [0.2, 0.25) is 0 Å². The lowest BCUT2D eigenvalue weighted by Gasteiger charge is -2.32. The van der Waals surface area contributed by atoms with E-state index in [4.69, 9.17) is 5.73 Å². The Morgan fingerprint density at radius 3 is 3.00 bits per heavy atom. The van der Waals surface area contributed by atoms with E-state index in [9.17, 15) is 0 Å². The molecule has 0 aliphatic carbocycles. The summed E-state index contributed by atoms with van der Waals surface area (Å²) in [6.07, 6.45) is 5.68. The Kier molecular flexibility index (Phi) is 6.48. The molecule has 0 bridgehead atoms. The molecular formula is C13H22ClN3. The smallest absolute Gasteiger partial charge is 0.0543 e. The molecule has 17 heavy (non-hydrogen) atoms. The van der Waals surface area contributed by atoms with Gasteiger partial charge in [-0.25, -0.2) is 0 Å². The van der Waals surface area contributed by atoms with Crippen LogP contribution in [-0.2, 0) is 6.54 Å². The summed E-state index contributed by atoms with van der Waals surface area (Å²) in [6.45, 7) is 4.20. The van der Waals surface area contributed by atoms with Gasteiger partial charge in [-0.3, -0.25) is 9.88 Å². The minimum absolute atomic E-state index is 0. The van der Waals surface area contributed by atoms with Crippen molar-refractivity contribution in [1.29, 1.82) is 0 Å². The fraction of sp³-hybridized carbons (Fsp3) is 0.615. The van der Waals surface area contributed by atoms with E-state index in [1.807, 2.05) is 12.3 Å². The molecule has 1 unspecified atom stereocenters. The van der Waals surface area contributed by atoms with Crippen molar-refractivity contribution >= 4 is 12.4 Å². The summed E-state index contributed by atoms with van der Waals surface area (Å²) in [5, 5.41) is 0. The molecule has 1 fully saturated rings. The zero-order valence-corrected chi connectivity index (χ0v) is 11.0. The highest BCUT2D eigenvalue weighted by atomic mass is 35.5. The summed E-state index contributed by atoms with van der Waals surface area (Å²) < 4.78 is 0. The molecule has 1 aromatic heterocycles. The van der Waals surface area contributed by atoms with Crippen LogP contribution in [0.4, 0.5) is 0 Å². The number of piperidine rings is 1. The SMILES string of the molecule is Cl.NCCC1CCCN(Cc2ccccn2)C1. The molecule has 0 radical (unpaired) electrons. The van der Waals surface area contributed by atoms with Crippen molar-refractivity contribution in [2.24, 2.45) is 11.7 Å². The molecule has 1 saturated heterocycles. The highest BCUT2D eigenvalue weighted by molar-refractivity contribution is 5.85. The van der Waals surface area contributed by atoms with Crippen molar-refractivity contribution in [2.75, 3.05) is 19.6 Å². The summed E-state index contributed by atoms with van der Waals surface area (Å²) in [6, 6.07) is 6.13. The number of nitrogens with zero attached hydrogens (tertiary/aromatic N) is 2. The summed E-state index contributed by atoms with van der Waals surface area (Å²) in [7, 11) is 0. The standard InChI is InChI=1S/C13H21N3.ClH/c14-7-6-12-4-3-9-16(10-12)11-13-5-1-2-8-15-13;/h1-2,5,8,12H,3-4,6-7,9-11,14H2;1H. The van der Waals surface area contributed by atoms with Gasteiger partial charge in [0.15, 0.2) is 0 Å². The summed E-state index contributed by atoms with van der Waals surface area (Å²) in [5.74, 6) is 0.794. The predicted molar refractivity (Wildman–Crippen MR) is 73.2 cm³/mol. The van der Waals surface area contributed by atoms with E-state index in [2.05, 4.69) is 22.0 Å². The van der Waals surface area contributed by atoms with Gasteiger partial charge in [0.2, 0.25) is 0 Å². The third-order valence-corrected chi connectivity index (χ3v) is 3.29. The lowest BCUT2D eigenvalue weighted by Crippen LogP contribution is -2.35. The van der Waals surface area contributed by atoms with E-state index in [0.717, 1.165) is 19.0 Å². The molecule has 0 spiro atoms. The van der Waals surface area contributed by atoms with Crippen LogP contribution in [0.3, 0.4) is 0 Å². The first kappa shape index (κ1) is 14.4. The Labute approximate surface area is 110 Å². The predicted octanol–water partition coefficient (Wildman–Crippen LogP) is 2.06. The van der Waals surface area contributed by atoms with E-state index in [1.54, 1.807) is 0 Å². The molecule has 1 aliphatic rings. The first-order valence-electron chi connectivity index (χ1n) is 6.21. The lowest BCUT2D eigenvalue weighted by molar-refractivity contribution is 0.161. The average Bonchev–Trinajstić information content (AvgIpc) is 2.31. The van der Waals surface area contributed by atoms with Gasteiger partial charge in [0.1, 0.15) is 0 Å². The minimum atomic E-state index is 0. The molecule has 4 heteroatoms. The molecular weight excluding hydrogens is 234 g/mol. The van der Waals surface area contributed by atoms with Crippen molar-refractivity contribution in [2.45, 2.75) is 25.8 Å². The van der Waals surface area contributed by atoms with Crippen molar-refractivity contribution < 1.29 is 0 Å². The van der Waals surface area contributed by atoms with Crippen LogP contribution >= 0.6 is 12.4 Å². The van der Waals surface area contributed by atoms with Crippen molar-refractivity contribution in [3.05, 3.63) is 30.1 Å². The second-order valence-electron chi connectivity index (χ2n) is 4.64. The third-order valence-electron chi connectivity index (χ3n) is 3.29. The number of halogens is 1. The van der Waals surface area contributed by atoms with Gasteiger partial charge in [0.05, 0.1) is 5.69 Å². The molecule has 0 amide bonds. The number of pyridine rings is 1. The van der Waals surface area contributed by atoms with E-state index in [1.165, 1.54) is 38.0 Å². The highest BCUT2D eigenvalue weighted by Crippen LogP contribution is 2.20. The summed E-state index contributed by atoms with van der Waals surface area (Å²) in [4.78, 5) is 6.88. The maximum atomic E-state index is 5.63. The monoisotopic (exact) mass is 255 g/mol. The van der Waals surface area contributed by atoms with Crippen LogP contribution in [0, 0.1) is 5.92 Å². The minimum Gasteiger partial charge on any atom is -0.330 e. The zero-order chi connectivity index (χ0) is 11.2. The molecule has 1 aliphatic heterocycles. The Morgan fingerprint density at radius 2 is 2.29 bits per heavy atom. The van der Waals surface area contributed by atoms with Crippen LogP contribution in [-0.4, -0.2) is 29.5 Å². The number of rotatable bonds is 4. The maximum Gasteiger partial charge on any atom is 0.0543 e. The number of nitrogens with two attached hydrogens (primary N) is 1. The first-order valence-corrected chi connectivity index (χ1v) is 6.21. The topological polar surface area (TPSA) is 42.1 Å². The van der Waals surface area contributed by atoms with Crippen molar-refractivity contribution in [3.8, 4) is 0 Å². The number of hydrogen-bond acceptors (Lipinski definition) is 3. The number of hydrogen-bond donors (Lipinski definition) is 1. The molecule has 1 atom stereocenters. The molecule has 0 aromatic carbocycles. The highest BCUT2D eigenvalue weighted by Gasteiger charge is 2.19. The van der Waals surface area contributed by atoms with Gasteiger partial charge in [0.25, 0.3) is 0 Å². The Balaban J connectivity index is 0.00000144. The second-order valence-corrected chi connectivity index (χ2v) is 4.64. The van der Waals surface area contributed by atoms with E-state index in [0.29, 0.717) is 0 Å². The summed E-state index contributed by atoms with van der Waals surface area (Å²) >= 11 is 0. The van der Waals surface area contributed by atoms with Crippen molar-refractivity contribution in [1.82, 2.24) is 9.88 Å². The van der Waals surface area contributed by atoms with Gasteiger partial charge in [-0.05, 0) is 50.4 Å². The number of likely N-dealkylation sites (tertiary alicyclic amines) is 1. The van der Waals surface area contributed by atoms with E-state index in [-0.39, 0.29) is 12.4 Å². The van der Waals surface area contributed by atoms with Gasteiger partial charge in [-0.2, -0.15) is 0 Å². The second kappa shape index (κ2) is 7.64. The molecule has 3 nitrogen and oxygen atoms in total. The average molecular weight is 256 g/mol. The molecule has 0 saturated carbocycles. The molecule has 96 valence electrons. The van der Waals surface area contributed by atoms with Crippen LogP contribution in [0.15, 0.2) is 24.4 Å². The molecule has 2 rings (SSSR count). The fourth-order valence-electron chi connectivity index (χ4n) is 2.49. The van der Waals surface area contributed by atoms with Crippen molar-refractivity contribution in [3.63, 3.8) is 0 Å². The Morgan fingerprint density at radius 1 is 1.41 bits per heavy atom. The normalized spacial score (nSPS) is 20.9. The van der Waals surface area contributed by atoms with E-state index < -0.39 is 0 Å².